The Labute approximate surface area is 132 Å². The molecule has 0 aliphatic heterocycles. The Bertz CT molecular complexity index is 811. The molecule has 0 saturated heterocycles. The molecule has 0 atom stereocenters. The predicted molar refractivity (Wildman–Crippen MR) is 83.6 cm³/mol. The molecule has 0 saturated carbocycles. The van der Waals surface area contributed by atoms with Gasteiger partial charge in [0.25, 0.3) is 0 Å². The molecule has 0 bridgehead atoms. The van der Waals surface area contributed by atoms with Gasteiger partial charge in [0, 0.05) is 25.6 Å². The molecule has 0 aliphatic carbocycles. The summed E-state index contributed by atoms with van der Waals surface area (Å²) in [6.07, 6.45) is 6.45. The van der Waals surface area contributed by atoms with E-state index in [0.29, 0.717) is 11.4 Å². The van der Waals surface area contributed by atoms with Crippen LogP contribution in [0.1, 0.15) is 11.1 Å². The molecule has 2 aromatic heterocycles. The minimum absolute atomic E-state index is 0.219. The van der Waals surface area contributed by atoms with E-state index in [9.17, 15) is 14.6 Å². The summed E-state index contributed by atoms with van der Waals surface area (Å²) in [5, 5.41) is 19.4. The van der Waals surface area contributed by atoms with Gasteiger partial charge in [0.1, 0.15) is 5.82 Å². The number of hydrogen-bond acceptors (Lipinski definition) is 4. The Morgan fingerprint density at radius 1 is 1.00 bits per heavy atom. The van der Waals surface area contributed by atoms with Crippen molar-refractivity contribution in [2.75, 3.05) is 0 Å². The van der Waals surface area contributed by atoms with Gasteiger partial charge in [-0.05, 0) is 36.1 Å². The van der Waals surface area contributed by atoms with Crippen LogP contribution >= 0.6 is 0 Å². The Hall–Kier alpha value is -2.89. The topological polar surface area (TPSA) is 71.2 Å². The number of aromatic nitrogens is 3. The van der Waals surface area contributed by atoms with E-state index in [4.69, 9.17) is 0 Å². The van der Waals surface area contributed by atoms with Gasteiger partial charge in [-0.25, -0.2) is 14.4 Å². The fraction of sp³-hybridized carbons (Fsp3) is 0.176. The first kappa shape index (κ1) is 15.0. The van der Waals surface area contributed by atoms with E-state index in [1.165, 1.54) is 16.7 Å². The van der Waals surface area contributed by atoms with E-state index in [2.05, 4.69) is 9.97 Å². The first-order valence-electron chi connectivity index (χ1n) is 7.17. The monoisotopic (exact) mass is 313 g/mol. The molecule has 3 rings (SSSR count). The highest BCUT2D eigenvalue weighted by Gasteiger charge is 2.15. The summed E-state index contributed by atoms with van der Waals surface area (Å²) in [5.74, 6) is -0.341. The number of aryl methyl sites for hydroxylation is 3. The Morgan fingerprint density at radius 2 is 1.61 bits per heavy atom. The second-order valence-electron chi connectivity index (χ2n) is 5.37. The van der Waals surface area contributed by atoms with Crippen LogP contribution in [0.2, 0.25) is 0 Å². The molecule has 0 aliphatic rings. The second-order valence-corrected chi connectivity index (χ2v) is 5.37. The SMILES string of the molecule is Cn1cc(-c2ncc(CCc3ccc(F)cc3)cn2)c(O)c1O. The normalized spacial score (nSPS) is 10.9. The number of halogens is 1. The maximum absolute atomic E-state index is 12.9. The second kappa shape index (κ2) is 6.08. The zero-order chi connectivity index (χ0) is 16.4. The van der Waals surface area contributed by atoms with Crippen molar-refractivity contribution in [3.8, 4) is 23.0 Å². The van der Waals surface area contributed by atoms with Crippen LogP contribution < -0.4 is 0 Å². The van der Waals surface area contributed by atoms with Crippen molar-refractivity contribution in [2.45, 2.75) is 12.8 Å². The molecule has 0 spiro atoms. The van der Waals surface area contributed by atoms with Gasteiger partial charge in [-0.1, -0.05) is 12.1 Å². The Balaban J connectivity index is 1.72. The van der Waals surface area contributed by atoms with Crippen LogP contribution in [0, 0.1) is 5.82 Å². The largest absolute Gasteiger partial charge is 0.503 e. The van der Waals surface area contributed by atoms with Crippen molar-refractivity contribution < 1.29 is 14.6 Å². The fourth-order valence-corrected chi connectivity index (χ4v) is 2.33. The van der Waals surface area contributed by atoms with Gasteiger partial charge in [-0.2, -0.15) is 0 Å². The third-order valence-electron chi connectivity index (χ3n) is 3.69. The number of aromatic hydroxyl groups is 2. The van der Waals surface area contributed by atoms with E-state index in [-0.39, 0.29) is 17.4 Å². The van der Waals surface area contributed by atoms with Gasteiger partial charge in [0.05, 0.1) is 5.56 Å². The average molecular weight is 313 g/mol. The van der Waals surface area contributed by atoms with Crippen molar-refractivity contribution in [3.63, 3.8) is 0 Å². The quantitative estimate of drug-likeness (QED) is 0.777. The van der Waals surface area contributed by atoms with E-state index in [1.54, 1.807) is 37.8 Å². The smallest absolute Gasteiger partial charge is 0.235 e. The molecule has 0 unspecified atom stereocenters. The molecule has 2 N–H and O–H groups in total. The van der Waals surface area contributed by atoms with Gasteiger partial charge in [-0.3, -0.25) is 0 Å². The molecule has 118 valence electrons. The van der Waals surface area contributed by atoms with Gasteiger partial charge in [0.15, 0.2) is 11.6 Å². The number of benzene rings is 1. The summed E-state index contributed by atoms with van der Waals surface area (Å²) >= 11 is 0. The number of rotatable bonds is 4. The summed E-state index contributed by atoms with van der Waals surface area (Å²) in [7, 11) is 1.62. The van der Waals surface area contributed by atoms with Crippen molar-refractivity contribution in [3.05, 3.63) is 59.8 Å². The predicted octanol–water partition coefficient (Wildman–Crippen LogP) is 2.82. The minimum atomic E-state index is -0.243. The van der Waals surface area contributed by atoms with Crippen molar-refractivity contribution in [1.82, 2.24) is 14.5 Å². The van der Waals surface area contributed by atoms with Crippen LogP contribution in [0.15, 0.2) is 42.9 Å². The summed E-state index contributed by atoms with van der Waals surface area (Å²) in [6, 6.07) is 6.41. The van der Waals surface area contributed by atoms with E-state index < -0.39 is 0 Å². The van der Waals surface area contributed by atoms with Gasteiger partial charge in [-0.15, -0.1) is 0 Å². The highest BCUT2D eigenvalue weighted by molar-refractivity contribution is 5.67. The average Bonchev–Trinajstić information content (AvgIpc) is 2.82. The lowest BCUT2D eigenvalue weighted by atomic mass is 10.1. The lowest BCUT2D eigenvalue weighted by molar-refractivity contribution is 0.381. The molecular weight excluding hydrogens is 297 g/mol. The molecule has 0 radical (unpaired) electrons. The number of nitrogens with zero attached hydrogens (tertiary/aromatic N) is 3. The standard InChI is InChI=1S/C17H16FN3O2/c1-21-10-14(15(22)17(21)23)16-19-8-12(9-20-16)3-2-11-4-6-13(18)7-5-11/h4-10,22-23H,2-3H2,1H3. The maximum Gasteiger partial charge on any atom is 0.235 e. The first-order chi connectivity index (χ1) is 11.0. The van der Waals surface area contributed by atoms with E-state index in [1.807, 2.05) is 0 Å². The Kier molecular flexibility index (Phi) is 3.97. The van der Waals surface area contributed by atoms with Gasteiger partial charge >= 0.3 is 0 Å². The molecule has 0 amide bonds. The zero-order valence-electron chi connectivity index (χ0n) is 12.6. The van der Waals surface area contributed by atoms with Crippen LogP contribution in [0.25, 0.3) is 11.4 Å². The van der Waals surface area contributed by atoms with Gasteiger partial charge in [0.2, 0.25) is 5.88 Å². The van der Waals surface area contributed by atoms with Crippen molar-refractivity contribution in [1.29, 1.82) is 0 Å². The molecule has 23 heavy (non-hydrogen) atoms. The maximum atomic E-state index is 12.9. The van der Waals surface area contributed by atoms with E-state index >= 15 is 0 Å². The molecular formula is C17H16FN3O2. The summed E-state index contributed by atoms with van der Waals surface area (Å²) in [5.41, 5.74) is 2.37. The molecule has 5 nitrogen and oxygen atoms in total. The number of hydrogen-bond donors (Lipinski definition) is 2. The van der Waals surface area contributed by atoms with E-state index in [0.717, 1.165) is 24.0 Å². The van der Waals surface area contributed by atoms with Crippen LogP contribution in [0.3, 0.4) is 0 Å². The minimum Gasteiger partial charge on any atom is -0.503 e. The van der Waals surface area contributed by atoms with Crippen molar-refractivity contribution >= 4 is 0 Å². The van der Waals surface area contributed by atoms with Crippen LogP contribution in [-0.2, 0) is 19.9 Å². The lowest BCUT2D eigenvalue weighted by Gasteiger charge is -2.03. The highest BCUT2D eigenvalue weighted by Crippen LogP contribution is 2.35. The van der Waals surface area contributed by atoms with Crippen LogP contribution in [0.4, 0.5) is 4.39 Å². The molecule has 6 heteroatoms. The van der Waals surface area contributed by atoms with Gasteiger partial charge < -0.3 is 14.8 Å². The molecule has 2 heterocycles. The molecule has 3 aromatic rings. The highest BCUT2D eigenvalue weighted by atomic mass is 19.1. The van der Waals surface area contributed by atoms with Crippen LogP contribution in [-0.4, -0.2) is 24.7 Å². The molecule has 1 aromatic carbocycles. The third kappa shape index (κ3) is 3.15. The summed E-state index contributed by atoms with van der Waals surface area (Å²) in [4.78, 5) is 8.47. The zero-order valence-corrected chi connectivity index (χ0v) is 12.6. The summed E-state index contributed by atoms with van der Waals surface area (Å²) < 4.78 is 14.3. The lowest BCUT2D eigenvalue weighted by Crippen LogP contribution is -1.95. The first-order valence-corrected chi connectivity index (χ1v) is 7.17. The molecule has 0 fully saturated rings. The van der Waals surface area contributed by atoms with Crippen molar-refractivity contribution in [2.24, 2.45) is 7.05 Å². The fourth-order valence-electron chi connectivity index (χ4n) is 2.33. The third-order valence-corrected chi connectivity index (χ3v) is 3.69. The van der Waals surface area contributed by atoms with Crippen LogP contribution in [0.5, 0.6) is 11.6 Å². The summed E-state index contributed by atoms with van der Waals surface area (Å²) in [6.45, 7) is 0. The Morgan fingerprint density at radius 3 is 2.17 bits per heavy atom.